The minimum absolute atomic E-state index is 0.156. The van der Waals surface area contributed by atoms with E-state index in [1.54, 1.807) is 44.2 Å². The third kappa shape index (κ3) is 7.18. The Balaban J connectivity index is 1.95. The van der Waals surface area contributed by atoms with Crippen molar-refractivity contribution < 1.29 is 23.8 Å². The molecular weight excluding hydrogens is 404 g/mol. The minimum Gasteiger partial charge on any atom is -0.493 e. The van der Waals surface area contributed by atoms with Gasteiger partial charge in [-0.15, -0.1) is 0 Å². The van der Waals surface area contributed by atoms with Crippen molar-refractivity contribution in [3.63, 3.8) is 0 Å². The van der Waals surface area contributed by atoms with E-state index in [1.165, 1.54) is 0 Å². The van der Waals surface area contributed by atoms with E-state index in [-0.39, 0.29) is 25.0 Å². The lowest BCUT2D eigenvalue weighted by Crippen LogP contribution is -2.48. The maximum Gasteiger partial charge on any atom is 0.258 e. The highest BCUT2D eigenvalue weighted by Gasteiger charge is 2.21. The van der Waals surface area contributed by atoms with Crippen LogP contribution in [0.2, 0.25) is 0 Å². The van der Waals surface area contributed by atoms with Gasteiger partial charge in [0.1, 0.15) is 11.8 Å². The van der Waals surface area contributed by atoms with Crippen LogP contribution in [0, 0.1) is 0 Å². The van der Waals surface area contributed by atoms with Crippen LogP contribution in [-0.2, 0) is 16.1 Å². The smallest absolute Gasteiger partial charge is 0.258 e. The van der Waals surface area contributed by atoms with E-state index in [2.05, 4.69) is 10.6 Å². The van der Waals surface area contributed by atoms with Crippen LogP contribution in [0.4, 0.5) is 0 Å². The van der Waals surface area contributed by atoms with Gasteiger partial charge in [0, 0.05) is 12.1 Å². The predicted molar refractivity (Wildman–Crippen MR) is 118 cm³/mol. The molecule has 0 aliphatic rings. The van der Waals surface area contributed by atoms with Gasteiger partial charge in [-0.25, -0.2) is 0 Å². The van der Waals surface area contributed by atoms with Gasteiger partial charge < -0.3 is 24.8 Å². The maximum atomic E-state index is 12.7. The molecule has 2 amide bonds. The second-order valence-corrected chi connectivity index (χ2v) is 7.36. The van der Waals surface area contributed by atoms with Crippen LogP contribution in [0.1, 0.15) is 12.0 Å². The Morgan fingerprint density at radius 1 is 1.03 bits per heavy atom. The average molecular weight is 433 g/mol. The summed E-state index contributed by atoms with van der Waals surface area (Å²) in [7, 11) is 3.11. The highest BCUT2D eigenvalue weighted by molar-refractivity contribution is 7.98. The van der Waals surface area contributed by atoms with Crippen molar-refractivity contribution in [1.82, 2.24) is 10.6 Å². The molecule has 0 aliphatic heterocycles. The van der Waals surface area contributed by atoms with Crippen molar-refractivity contribution in [1.29, 1.82) is 0 Å². The highest BCUT2D eigenvalue weighted by atomic mass is 32.2. The van der Waals surface area contributed by atoms with E-state index in [0.717, 1.165) is 11.3 Å². The molecule has 0 saturated heterocycles. The van der Waals surface area contributed by atoms with Gasteiger partial charge in [0.25, 0.3) is 5.91 Å². The standard InChI is InChI=1S/C22H28N2O5S/c1-27-19-11-7-8-16(21(19)28-2)14-23-22(26)18(12-13-30-3)24-20(25)15-29-17-9-5-4-6-10-17/h4-11,18H,12-15H2,1-3H3,(H,23,26)(H,24,25). The van der Waals surface area contributed by atoms with E-state index in [0.29, 0.717) is 23.7 Å². The summed E-state index contributed by atoms with van der Waals surface area (Å²) in [5.74, 6) is 1.89. The Hall–Kier alpha value is -2.87. The molecule has 2 aromatic carbocycles. The highest BCUT2D eigenvalue weighted by Crippen LogP contribution is 2.30. The molecule has 0 radical (unpaired) electrons. The summed E-state index contributed by atoms with van der Waals surface area (Å²) in [5.41, 5.74) is 0.785. The number of carbonyl (C=O) groups excluding carboxylic acids is 2. The van der Waals surface area contributed by atoms with Crippen molar-refractivity contribution in [2.45, 2.75) is 19.0 Å². The lowest BCUT2D eigenvalue weighted by atomic mass is 10.1. The lowest BCUT2D eigenvalue weighted by Gasteiger charge is -2.19. The van der Waals surface area contributed by atoms with Crippen LogP contribution in [-0.4, -0.2) is 50.7 Å². The molecule has 1 unspecified atom stereocenters. The molecule has 0 bridgehead atoms. The molecule has 2 N–H and O–H groups in total. The van der Waals surface area contributed by atoms with Crippen molar-refractivity contribution in [3.05, 3.63) is 54.1 Å². The Morgan fingerprint density at radius 3 is 2.47 bits per heavy atom. The van der Waals surface area contributed by atoms with Gasteiger partial charge in [-0.2, -0.15) is 11.8 Å². The van der Waals surface area contributed by atoms with Crippen molar-refractivity contribution in [2.24, 2.45) is 0 Å². The van der Waals surface area contributed by atoms with E-state index >= 15 is 0 Å². The zero-order valence-electron chi connectivity index (χ0n) is 17.5. The Labute approximate surface area is 181 Å². The number of benzene rings is 2. The molecule has 0 aliphatic carbocycles. The third-order valence-corrected chi connectivity index (χ3v) is 4.96. The summed E-state index contributed by atoms with van der Waals surface area (Å²) in [4.78, 5) is 25.0. The zero-order chi connectivity index (χ0) is 21.8. The third-order valence-electron chi connectivity index (χ3n) is 4.31. The quantitative estimate of drug-likeness (QED) is 0.536. The molecule has 0 fully saturated rings. The van der Waals surface area contributed by atoms with Crippen LogP contribution in [0.3, 0.4) is 0 Å². The number of para-hydroxylation sites is 2. The summed E-state index contributed by atoms with van der Waals surface area (Å²) >= 11 is 1.61. The number of nitrogens with one attached hydrogen (secondary N) is 2. The molecule has 7 nitrogen and oxygen atoms in total. The molecular formula is C22H28N2O5S. The second kappa shape index (κ2) is 12.6. The second-order valence-electron chi connectivity index (χ2n) is 6.37. The minimum atomic E-state index is -0.652. The Bertz CT molecular complexity index is 816. The number of rotatable bonds is 12. The monoisotopic (exact) mass is 432 g/mol. The normalized spacial score (nSPS) is 11.3. The van der Waals surface area contributed by atoms with Crippen LogP contribution >= 0.6 is 11.8 Å². The number of ether oxygens (including phenoxy) is 3. The molecule has 8 heteroatoms. The van der Waals surface area contributed by atoms with Gasteiger partial charge in [-0.1, -0.05) is 30.3 Å². The fourth-order valence-corrected chi connectivity index (χ4v) is 3.28. The number of carbonyl (C=O) groups is 2. The summed E-state index contributed by atoms with van der Waals surface area (Å²) < 4.78 is 16.1. The van der Waals surface area contributed by atoms with Crippen molar-refractivity contribution in [2.75, 3.05) is 32.8 Å². The van der Waals surface area contributed by atoms with E-state index < -0.39 is 6.04 Å². The van der Waals surface area contributed by atoms with Crippen molar-refractivity contribution in [3.8, 4) is 17.2 Å². The lowest BCUT2D eigenvalue weighted by molar-refractivity contribution is -0.130. The van der Waals surface area contributed by atoms with Crippen molar-refractivity contribution >= 4 is 23.6 Å². The average Bonchev–Trinajstić information content (AvgIpc) is 2.78. The molecule has 162 valence electrons. The number of hydrogen-bond donors (Lipinski definition) is 2. The SMILES string of the molecule is COc1cccc(CNC(=O)C(CCSC)NC(=O)COc2ccccc2)c1OC. The first kappa shape index (κ1) is 23.4. The van der Waals surface area contributed by atoms with E-state index in [1.807, 2.05) is 36.6 Å². The van der Waals surface area contributed by atoms with E-state index in [9.17, 15) is 9.59 Å². The molecule has 0 spiro atoms. The molecule has 1 atom stereocenters. The van der Waals surface area contributed by atoms with Crippen LogP contribution < -0.4 is 24.8 Å². The molecule has 2 rings (SSSR count). The van der Waals surface area contributed by atoms with Crippen LogP contribution in [0.25, 0.3) is 0 Å². The molecule has 0 aromatic heterocycles. The first-order chi connectivity index (χ1) is 14.6. The number of hydrogen-bond acceptors (Lipinski definition) is 6. The van der Waals surface area contributed by atoms with Gasteiger partial charge in [0.15, 0.2) is 18.1 Å². The Kier molecular flexibility index (Phi) is 9.86. The summed E-state index contributed by atoms with van der Waals surface area (Å²) in [5, 5.41) is 5.64. The van der Waals surface area contributed by atoms with Gasteiger partial charge >= 0.3 is 0 Å². The van der Waals surface area contributed by atoms with Crippen LogP contribution in [0.15, 0.2) is 48.5 Å². The topological polar surface area (TPSA) is 85.9 Å². The van der Waals surface area contributed by atoms with E-state index in [4.69, 9.17) is 14.2 Å². The first-order valence-corrected chi connectivity index (χ1v) is 10.9. The maximum absolute atomic E-state index is 12.7. The number of thioether (sulfide) groups is 1. The summed E-state index contributed by atoms with van der Waals surface area (Å²) in [6, 6.07) is 13.9. The zero-order valence-corrected chi connectivity index (χ0v) is 18.3. The largest absolute Gasteiger partial charge is 0.493 e. The number of methoxy groups -OCH3 is 2. The first-order valence-electron chi connectivity index (χ1n) is 9.52. The molecule has 2 aromatic rings. The summed E-state index contributed by atoms with van der Waals surface area (Å²) in [6.45, 7) is 0.0993. The number of amides is 2. The van der Waals surface area contributed by atoms with Gasteiger partial charge in [-0.05, 0) is 36.6 Å². The van der Waals surface area contributed by atoms with Gasteiger partial charge in [-0.3, -0.25) is 9.59 Å². The molecule has 30 heavy (non-hydrogen) atoms. The molecule has 0 heterocycles. The summed E-state index contributed by atoms with van der Waals surface area (Å²) in [6.07, 6.45) is 2.47. The Morgan fingerprint density at radius 2 is 1.80 bits per heavy atom. The van der Waals surface area contributed by atoms with Crippen LogP contribution in [0.5, 0.6) is 17.2 Å². The fourth-order valence-electron chi connectivity index (χ4n) is 2.80. The van der Waals surface area contributed by atoms with Gasteiger partial charge in [0.2, 0.25) is 5.91 Å². The van der Waals surface area contributed by atoms with Gasteiger partial charge in [0.05, 0.1) is 14.2 Å². The predicted octanol–water partition coefficient (Wildman–Crippen LogP) is 2.64. The fraction of sp³-hybridized carbons (Fsp3) is 0.364. The molecule has 0 saturated carbocycles.